The standard InChI is InChI=1S/C20H29N7O2/c1-26(13-6-11(7-13)2-3-16(21)22)9-12-8-15(18(29)17(12)28)27-5-4-14-19(23)24-10-25-20(14)27/h4-5,9-11,13,15,17-18,28-29H,2-3,6-8H2,1H3,(H3,21,22)(H2,23,24,25)/b12-9+/t11?,13?,15-,17-,18+/m1/s1. The van der Waals surface area contributed by atoms with E-state index in [4.69, 9.17) is 16.9 Å². The molecule has 29 heavy (non-hydrogen) atoms. The number of nitrogen functional groups attached to an aromatic ring is 1. The first-order valence-corrected chi connectivity index (χ1v) is 10.0. The number of hydrogen-bond acceptors (Lipinski definition) is 7. The maximum atomic E-state index is 10.7. The van der Waals surface area contributed by atoms with Crippen molar-refractivity contribution in [3.05, 3.63) is 30.4 Å². The maximum Gasteiger partial charge on any atom is 0.145 e. The van der Waals surface area contributed by atoms with Crippen LogP contribution in [0.15, 0.2) is 30.4 Å². The number of hydrogen-bond donors (Lipinski definition) is 5. The molecular weight excluding hydrogens is 370 g/mol. The van der Waals surface area contributed by atoms with Gasteiger partial charge >= 0.3 is 0 Å². The zero-order chi connectivity index (χ0) is 20.7. The van der Waals surface area contributed by atoms with Crippen LogP contribution in [0.1, 0.15) is 38.1 Å². The number of aliphatic hydroxyl groups excluding tert-OH is 2. The van der Waals surface area contributed by atoms with Crippen LogP contribution in [-0.2, 0) is 0 Å². The van der Waals surface area contributed by atoms with Crippen molar-refractivity contribution >= 4 is 22.7 Å². The molecule has 0 aliphatic heterocycles. The normalized spacial score (nSPS) is 30.6. The fraction of sp³-hybridized carbons (Fsp3) is 0.550. The van der Waals surface area contributed by atoms with E-state index in [2.05, 4.69) is 14.9 Å². The summed E-state index contributed by atoms with van der Waals surface area (Å²) in [6, 6.07) is 1.96. The number of nitrogens with zero attached hydrogens (tertiary/aromatic N) is 4. The maximum absolute atomic E-state index is 10.7. The third-order valence-corrected chi connectivity index (χ3v) is 6.42. The third kappa shape index (κ3) is 3.67. The molecule has 2 saturated carbocycles. The fourth-order valence-electron chi connectivity index (χ4n) is 4.56. The number of aromatic nitrogens is 3. The molecule has 0 aromatic carbocycles. The minimum absolute atomic E-state index is 0.252. The Kier molecular flexibility index (Phi) is 5.18. The summed E-state index contributed by atoms with van der Waals surface area (Å²) in [4.78, 5) is 10.5. The van der Waals surface area contributed by atoms with Crippen molar-refractivity contribution in [1.82, 2.24) is 19.4 Å². The van der Waals surface area contributed by atoms with E-state index in [-0.39, 0.29) is 11.9 Å². The van der Waals surface area contributed by atoms with Crippen LogP contribution in [0.3, 0.4) is 0 Å². The summed E-state index contributed by atoms with van der Waals surface area (Å²) in [5.41, 5.74) is 12.8. The smallest absolute Gasteiger partial charge is 0.145 e. The Labute approximate surface area is 169 Å². The lowest BCUT2D eigenvalue weighted by Gasteiger charge is -2.41. The van der Waals surface area contributed by atoms with Crippen LogP contribution in [0.2, 0.25) is 0 Å². The van der Waals surface area contributed by atoms with Crippen LogP contribution >= 0.6 is 0 Å². The van der Waals surface area contributed by atoms with Gasteiger partial charge in [0.05, 0.1) is 17.3 Å². The largest absolute Gasteiger partial charge is 0.388 e. The minimum atomic E-state index is -0.911. The van der Waals surface area contributed by atoms with E-state index in [9.17, 15) is 10.2 Å². The molecule has 0 radical (unpaired) electrons. The van der Waals surface area contributed by atoms with E-state index < -0.39 is 12.2 Å². The highest BCUT2D eigenvalue weighted by molar-refractivity contribution is 5.86. The van der Waals surface area contributed by atoms with Gasteiger partial charge in [0.2, 0.25) is 0 Å². The highest BCUT2D eigenvalue weighted by Crippen LogP contribution is 2.39. The second kappa shape index (κ2) is 7.64. The van der Waals surface area contributed by atoms with E-state index in [0.29, 0.717) is 36.3 Å². The van der Waals surface area contributed by atoms with Crippen LogP contribution < -0.4 is 11.5 Å². The van der Waals surface area contributed by atoms with Gasteiger partial charge in [0, 0.05) is 31.9 Å². The molecule has 0 saturated heterocycles. The number of amidine groups is 1. The summed E-state index contributed by atoms with van der Waals surface area (Å²) in [5.74, 6) is 1.26. The Balaban J connectivity index is 1.44. The number of rotatable bonds is 6. The van der Waals surface area contributed by atoms with Crippen LogP contribution in [0.25, 0.3) is 11.0 Å². The average molecular weight is 399 g/mol. The van der Waals surface area contributed by atoms with Gasteiger partial charge in [0.1, 0.15) is 30.0 Å². The van der Waals surface area contributed by atoms with Gasteiger partial charge < -0.3 is 31.1 Å². The van der Waals surface area contributed by atoms with Gasteiger partial charge in [-0.2, -0.15) is 0 Å². The van der Waals surface area contributed by atoms with Gasteiger partial charge in [-0.1, -0.05) is 0 Å². The molecule has 7 N–H and O–H groups in total. The van der Waals surface area contributed by atoms with E-state index in [1.807, 2.05) is 30.1 Å². The van der Waals surface area contributed by atoms with Gasteiger partial charge in [-0.3, -0.25) is 5.41 Å². The molecule has 156 valence electrons. The lowest BCUT2D eigenvalue weighted by atomic mass is 9.77. The predicted octanol–water partition coefficient (Wildman–Crippen LogP) is 0.991. The van der Waals surface area contributed by atoms with E-state index >= 15 is 0 Å². The zero-order valence-electron chi connectivity index (χ0n) is 16.6. The van der Waals surface area contributed by atoms with Gasteiger partial charge in [-0.15, -0.1) is 0 Å². The van der Waals surface area contributed by atoms with Crippen molar-refractivity contribution in [2.75, 3.05) is 12.8 Å². The van der Waals surface area contributed by atoms with Gasteiger partial charge in [0.15, 0.2) is 0 Å². The molecular formula is C20H29N7O2. The number of anilines is 1. The summed E-state index contributed by atoms with van der Waals surface area (Å²) < 4.78 is 1.88. The van der Waals surface area contributed by atoms with Gasteiger partial charge in [0.25, 0.3) is 0 Å². The number of nitrogens with one attached hydrogen (secondary N) is 1. The first kappa shape index (κ1) is 19.7. The Morgan fingerprint density at radius 1 is 1.38 bits per heavy atom. The molecule has 0 bridgehead atoms. The molecule has 9 heteroatoms. The summed E-state index contributed by atoms with van der Waals surface area (Å²) in [6.45, 7) is 0. The second-order valence-electron chi connectivity index (χ2n) is 8.35. The fourth-order valence-corrected chi connectivity index (χ4v) is 4.56. The highest BCUT2D eigenvalue weighted by Gasteiger charge is 2.40. The second-order valence-corrected chi connectivity index (χ2v) is 8.35. The lowest BCUT2D eigenvalue weighted by molar-refractivity contribution is 0.0352. The van der Waals surface area contributed by atoms with Crippen molar-refractivity contribution in [3.63, 3.8) is 0 Å². The Hall–Kier alpha value is -2.65. The lowest BCUT2D eigenvalue weighted by Crippen LogP contribution is -2.40. The quantitative estimate of drug-likeness (QED) is 0.359. The van der Waals surface area contributed by atoms with Crippen LogP contribution in [-0.4, -0.2) is 60.8 Å². The SMILES string of the molecule is CN(/C=C1\C[C@@H](n2ccc3c(N)ncnc32)[C@H](O)[C@@H]1O)C1CC(CCC(=N)N)C1. The molecule has 2 heterocycles. The highest BCUT2D eigenvalue weighted by atomic mass is 16.3. The van der Waals surface area contributed by atoms with Gasteiger partial charge in [-0.25, -0.2) is 9.97 Å². The Bertz CT molecular complexity index is 934. The first-order chi connectivity index (χ1) is 13.8. The van der Waals surface area contributed by atoms with Crippen molar-refractivity contribution < 1.29 is 10.2 Å². The zero-order valence-corrected chi connectivity index (χ0v) is 16.6. The number of aliphatic hydroxyl groups is 2. The minimum Gasteiger partial charge on any atom is -0.388 e. The average Bonchev–Trinajstić information content (AvgIpc) is 3.17. The van der Waals surface area contributed by atoms with Gasteiger partial charge in [-0.05, 0) is 43.2 Å². The van der Waals surface area contributed by atoms with Crippen molar-refractivity contribution in [2.24, 2.45) is 11.7 Å². The molecule has 2 aromatic rings. The summed E-state index contributed by atoms with van der Waals surface area (Å²) in [7, 11) is 2.02. The molecule has 2 aromatic heterocycles. The molecule has 0 spiro atoms. The monoisotopic (exact) mass is 399 g/mol. The van der Waals surface area contributed by atoms with Crippen molar-refractivity contribution in [2.45, 2.75) is 56.4 Å². The van der Waals surface area contributed by atoms with Crippen LogP contribution in [0.5, 0.6) is 0 Å². The molecule has 2 aliphatic rings. The molecule has 2 aliphatic carbocycles. The Morgan fingerprint density at radius 2 is 2.14 bits per heavy atom. The molecule has 3 atom stereocenters. The molecule has 0 amide bonds. The summed E-state index contributed by atoms with van der Waals surface area (Å²) in [6.07, 6.45) is 7.71. The topological polar surface area (TPSA) is 150 Å². The third-order valence-electron chi connectivity index (χ3n) is 6.42. The van der Waals surface area contributed by atoms with Crippen LogP contribution in [0, 0.1) is 11.3 Å². The van der Waals surface area contributed by atoms with E-state index in [1.165, 1.54) is 6.33 Å². The summed E-state index contributed by atoms with van der Waals surface area (Å²) >= 11 is 0. The Morgan fingerprint density at radius 3 is 2.86 bits per heavy atom. The first-order valence-electron chi connectivity index (χ1n) is 10.0. The van der Waals surface area contributed by atoms with Crippen LogP contribution in [0.4, 0.5) is 5.82 Å². The van der Waals surface area contributed by atoms with E-state index in [1.54, 1.807) is 0 Å². The van der Waals surface area contributed by atoms with Crippen molar-refractivity contribution in [1.29, 1.82) is 5.41 Å². The number of fused-ring (bicyclic) bond motifs is 1. The molecule has 2 fully saturated rings. The molecule has 9 nitrogen and oxygen atoms in total. The van der Waals surface area contributed by atoms with Crippen molar-refractivity contribution in [3.8, 4) is 0 Å². The summed E-state index contributed by atoms with van der Waals surface area (Å²) in [5, 5.41) is 29.4. The predicted molar refractivity (Wildman–Crippen MR) is 111 cm³/mol. The number of nitrogens with two attached hydrogens (primary N) is 2. The molecule has 4 rings (SSSR count). The molecule has 0 unspecified atom stereocenters. The van der Waals surface area contributed by atoms with E-state index in [0.717, 1.165) is 30.2 Å².